The van der Waals surface area contributed by atoms with Gasteiger partial charge in [-0.3, -0.25) is 9.59 Å². The second-order valence-electron chi connectivity index (χ2n) is 4.95. The van der Waals surface area contributed by atoms with Crippen molar-refractivity contribution in [1.29, 1.82) is 0 Å². The quantitative estimate of drug-likeness (QED) is 0.795. The molecule has 0 spiro atoms. The number of rotatable bonds is 4. The third kappa shape index (κ3) is 3.35. The molecule has 1 aromatic carbocycles. The lowest BCUT2D eigenvalue weighted by molar-refractivity contribution is -0.138. The van der Waals surface area contributed by atoms with E-state index in [4.69, 9.17) is 4.74 Å². The van der Waals surface area contributed by atoms with Crippen molar-refractivity contribution in [2.24, 2.45) is 0 Å². The number of amides is 1. The van der Waals surface area contributed by atoms with Crippen molar-refractivity contribution in [3.05, 3.63) is 29.6 Å². The van der Waals surface area contributed by atoms with E-state index in [-0.39, 0.29) is 17.2 Å². The Bertz CT molecular complexity index is 498. The highest BCUT2D eigenvalue weighted by molar-refractivity contribution is 5.82. The lowest BCUT2D eigenvalue weighted by atomic mass is 10.1. The second-order valence-corrected chi connectivity index (χ2v) is 4.95. The molecule has 1 atom stereocenters. The van der Waals surface area contributed by atoms with Gasteiger partial charge in [0.15, 0.2) is 12.4 Å². The van der Waals surface area contributed by atoms with Crippen LogP contribution in [0.2, 0.25) is 0 Å². The molecule has 5 heteroatoms. The van der Waals surface area contributed by atoms with Gasteiger partial charge < -0.3 is 9.64 Å². The van der Waals surface area contributed by atoms with Gasteiger partial charge in [-0.2, -0.15) is 0 Å². The Labute approximate surface area is 117 Å². The van der Waals surface area contributed by atoms with Crippen LogP contribution in [0.3, 0.4) is 0 Å². The van der Waals surface area contributed by atoms with Gasteiger partial charge in [-0.25, -0.2) is 4.39 Å². The number of benzene rings is 1. The molecule has 1 fully saturated rings. The van der Waals surface area contributed by atoms with Crippen LogP contribution in [0.5, 0.6) is 5.75 Å². The normalized spacial score (nSPS) is 16.6. The lowest BCUT2D eigenvalue weighted by Crippen LogP contribution is -2.43. The molecular weight excluding hydrogens is 261 g/mol. The summed E-state index contributed by atoms with van der Waals surface area (Å²) >= 11 is 0. The first kappa shape index (κ1) is 14.5. The predicted octanol–water partition coefficient (Wildman–Crippen LogP) is 2.42. The fourth-order valence-electron chi connectivity index (χ4n) is 2.33. The molecule has 0 N–H and O–H groups in total. The van der Waals surface area contributed by atoms with E-state index in [9.17, 15) is 14.0 Å². The Hall–Kier alpha value is -1.91. The van der Waals surface area contributed by atoms with Crippen LogP contribution in [-0.2, 0) is 4.79 Å². The maximum atomic E-state index is 13.0. The van der Waals surface area contributed by atoms with Gasteiger partial charge in [0.25, 0.3) is 5.91 Å². The molecule has 0 aromatic heterocycles. The van der Waals surface area contributed by atoms with Gasteiger partial charge in [-0.15, -0.1) is 0 Å². The largest absolute Gasteiger partial charge is 0.480 e. The molecule has 1 amide bonds. The Morgan fingerprint density at radius 3 is 2.70 bits per heavy atom. The van der Waals surface area contributed by atoms with Gasteiger partial charge in [0, 0.05) is 13.1 Å². The van der Waals surface area contributed by atoms with Crippen molar-refractivity contribution in [1.82, 2.24) is 4.90 Å². The van der Waals surface area contributed by atoms with Crippen molar-refractivity contribution in [3.8, 4) is 5.75 Å². The summed E-state index contributed by atoms with van der Waals surface area (Å²) < 4.78 is 18.5. The molecule has 20 heavy (non-hydrogen) atoms. The van der Waals surface area contributed by atoms with Crippen molar-refractivity contribution in [2.45, 2.75) is 32.3 Å². The maximum absolute atomic E-state index is 13.0. The Morgan fingerprint density at radius 1 is 1.35 bits per heavy atom. The van der Waals surface area contributed by atoms with Crippen LogP contribution < -0.4 is 4.74 Å². The standard InChI is InChI=1S/C15H18FNO3/c1-11(15(19)17-7-3-2-4-8-17)20-14-6-5-13(16)9-12(14)10-18/h5-6,9-11H,2-4,7-8H2,1H3. The summed E-state index contributed by atoms with van der Waals surface area (Å²) in [6.45, 7) is 3.14. The molecule has 1 aromatic rings. The summed E-state index contributed by atoms with van der Waals surface area (Å²) in [7, 11) is 0. The van der Waals surface area contributed by atoms with E-state index in [2.05, 4.69) is 0 Å². The zero-order valence-corrected chi connectivity index (χ0v) is 11.5. The molecule has 0 saturated carbocycles. The molecule has 0 bridgehead atoms. The fourth-order valence-corrected chi connectivity index (χ4v) is 2.33. The van der Waals surface area contributed by atoms with Crippen LogP contribution in [0.1, 0.15) is 36.5 Å². The highest BCUT2D eigenvalue weighted by atomic mass is 19.1. The summed E-state index contributed by atoms with van der Waals surface area (Å²) in [6, 6.07) is 3.68. The third-order valence-corrected chi connectivity index (χ3v) is 3.42. The van der Waals surface area contributed by atoms with Crippen molar-refractivity contribution in [2.75, 3.05) is 13.1 Å². The Kier molecular flexibility index (Phi) is 4.71. The van der Waals surface area contributed by atoms with Crippen LogP contribution in [-0.4, -0.2) is 36.3 Å². The molecule has 0 aliphatic carbocycles. The average molecular weight is 279 g/mol. The molecule has 1 unspecified atom stereocenters. The van der Waals surface area contributed by atoms with E-state index in [0.29, 0.717) is 6.29 Å². The molecule has 1 aliphatic rings. The van der Waals surface area contributed by atoms with Crippen molar-refractivity contribution >= 4 is 12.2 Å². The predicted molar refractivity (Wildman–Crippen MR) is 72.3 cm³/mol. The number of hydrogen-bond acceptors (Lipinski definition) is 3. The zero-order valence-electron chi connectivity index (χ0n) is 11.5. The van der Waals surface area contributed by atoms with E-state index in [1.54, 1.807) is 11.8 Å². The molecular formula is C15H18FNO3. The number of piperidine rings is 1. The minimum absolute atomic E-state index is 0.0918. The first-order chi connectivity index (χ1) is 9.61. The Balaban J connectivity index is 2.05. The lowest BCUT2D eigenvalue weighted by Gasteiger charge is -2.29. The first-order valence-electron chi connectivity index (χ1n) is 6.82. The highest BCUT2D eigenvalue weighted by Crippen LogP contribution is 2.20. The minimum atomic E-state index is -0.683. The molecule has 0 radical (unpaired) electrons. The van der Waals surface area contributed by atoms with Gasteiger partial charge >= 0.3 is 0 Å². The highest BCUT2D eigenvalue weighted by Gasteiger charge is 2.24. The first-order valence-corrected chi connectivity index (χ1v) is 6.82. The van der Waals surface area contributed by atoms with Gasteiger partial charge in [0.2, 0.25) is 0 Å². The summed E-state index contributed by atoms with van der Waals surface area (Å²) in [4.78, 5) is 24.9. The summed E-state index contributed by atoms with van der Waals surface area (Å²) in [6.07, 6.45) is 3.00. The molecule has 108 valence electrons. The van der Waals surface area contributed by atoms with E-state index in [1.807, 2.05) is 0 Å². The van der Waals surface area contributed by atoms with Gasteiger partial charge in [-0.1, -0.05) is 0 Å². The molecule has 1 aliphatic heterocycles. The van der Waals surface area contributed by atoms with Crippen molar-refractivity contribution in [3.63, 3.8) is 0 Å². The monoisotopic (exact) mass is 279 g/mol. The molecule has 1 heterocycles. The zero-order chi connectivity index (χ0) is 14.5. The number of carbonyl (C=O) groups excluding carboxylic acids is 2. The van der Waals surface area contributed by atoms with E-state index in [0.717, 1.165) is 38.4 Å². The maximum Gasteiger partial charge on any atom is 0.263 e. The number of carbonyl (C=O) groups is 2. The van der Waals surface area contributed by atoms with Crippen LogP contribution >= 0.6 is 0 Å². The fraction of sp³-hybridized carbons (Fsp3) is 0.467. The van der Waals surface area contributed by atoms with Crippen LogP contribution in [0.25, 0.3) is 0 Å². The molecule has 1 saturated heterocycles. The number of halogens is 1. The summed E-state index contributed by atoms with van der Waals surface area (Å²) in [5, 5.41) is 0. The van der Waals surface area contributed by atoms with Crippen molar-refractivity contribution < 1.29 is 18.7 Å². The SMILES string of the molecule is CC(Oc1ccc(F)cc1C=O)C(=O)N1CCCCC1. The summed E-state index contributed by atoms with van der Waals surface area (Å²) in [5.74, 6) is -0.361. The minimum Gasteiger partial charge on any atom is -0.480 e. The third-order valence-electron chi connectivity index (χ3n) is 3.42. The number of hydrogen-bond donors (Lipinski definition) is 0. The number of ether oxygens (including phenoxy) is 1. The Morgan fingerprint density at radius 2 is 2.05 bits per heavy atom. The number of likely N-dealkylation sites (tertiary alicyclic amines) is 1. The van der Waals surface area contributed by atoms with Crippen LogP contribution in [0, 0.1) is 5.82 Å². The number of nitrogens with zero attached hydrogens (tertiary/aromatic N) is 1. The molecule has 2 rings (SSSR count). The van der Waals surface area contributed by atoms with E-state index in [1.165, 1.54) is 12.1 Å². The van der Waals surface area contributed by atoms with Gasteiger partial charge in [0.05, 0.1) is 5.56 Å². The molecule has 4 nitrogen and oxygen atoms in total. The topological polar surface area (TPSA) is 46.6 Å². The van der Waals surface area contributed by atoms with Crippen LogP contribution in [0.4, 0.5) is 4.39 Å². The van der Waals surface area contributed by atoms with Gasteiger partial charge in [0.1, 0.15) is 11.6 Å². The summed E-state index contributed by atoms with van der Waals surface area (Å²) in [5.41, 5.74) is 0.114. The van der Waals surface area contributed by atoms with E-state index < -0.39 is 11.9 Å². The second kappa shape index (κ2) is 6.50. The van der Waals surface area contributed by atoms with Gasteiger partial charge in [-0.05, 0) is 44.4 Å². The van der Waals surface area contributed by atoms with E-state index >= 15 is 0 Å². The average Bonchev–Trinajstić information content (AvgIpc) is 2.49. The van der Waals surface area contributed by atoms with Crippen LogP contribution in [0.15, 0.2) is 18.2 Å². The number of aldehydes is 1. The smallest absolute Gasteiger partial charge is 0.263 e.